The maximum absolute atomic E-state index is 15.0. The van der Waals surface area contributed by atoms with Crippen LogP contribution >= 0.6 is 0 Å². The minimum atomic E-state index is -1.92. The Kier molecular flexibility index (Phi) is 62.7. The van der Waals surface area contributed by atoms with Crippen LogP contribution in [0.5, 0.6) is 0 Å². The maximum atomic E-state index is 15.0. The number of allylic oxidation sites excluding steroid dienone is 2. The molecule has 0 saturated carbocycles. The lowest BCUT2D eigenvalue weighted by Crippen LogP contribution is -2.65. The zero-order chi connectivity index (χ0) is 108. The summed E-state index contributed by atoms with van der Waals surface area (Å²) in [5.41, 5.74) is 25.4. The van der Waals surface area contributed by atoms with Gasteiger partial charge in [0.25, 0.3) is 0 Å². The van der Waals surface area contributed by atoms with Crippen molar-refractivity contribution < 1.29 is 111 Å². The van der Waals surface area contributed by atoms with Gasteiger partial charge < -0.3 is 143 Å². The lowest BCUT2D eigenvalue weighted by atomic mass is 9.91. The fourth-order valence-electron chi connectivity index (χ4n) is 15.5. The van der Waals surface area contributed by atoms with E-state index in [4.69, 9.17) is 42.9 Å². The van der Waals surface area contributed by atoms with Gasteiger partial charge in [-0.25, -0.2) is 4.79 Å². The zero-order valence-electron chi connectivity index (χ0n) is 87.7. The number of rotatable bonds is 64. The second kappa shape index (κ2) is 70.0. The lowest BCUT2D eigenvalue weighted by Gasteiger charge is -2.33. The normalized spacial score (nSPS) is 19.5. The van der Waals surface area contributed by atoms with Crippen LogP contribution < -0.4 is 119 Å². The first-order valence-electron chi connectivity index (χ1n) is 51.0. The van der Waals surface area contributed by atoms with Crippen LogP contribution in [0.2, 0.25) is 0 Å². The number of ether oxygens (including phenoxy) is 3. The van der Waals surface area contributed by atoms with E-state index in [0.717, 1.165) is 0 Å². The molecule has 0 spiro atoms. The number of aliphatic hydroxyl groups excluding tert-OH is 1. The van der Waals surface area contributed by atoms with E-state index in [1.165, 1.54) is 41.5 Å². The Balaban J connectivity index is 2.53. The van der Waals surface area contributed by atoms with Crippen molar-refractivity contribution in [3.05, 3.63) is 48.0 Å². The van der Waals surface area contributed by atoms with Gasteiger partial charge in [-0.2, -0.15) is 0 Å². The Morgan fingerprint density at radius 3 is 1.28 bits per heavy atom. The number of nitrogens with two attached hydrogens (primary N) is 5. The van der Waals surface area contributed by atoms with Crippen LogP contribution in [-0.4, -0.2) is 297 Å². The molecule has 2 rings (SSSR count). The number of carbonyl (C=O) groups excluding carboxylic acids is 17. The predicted octanol–water partition coefficient (Wildman–Crippen LogP) is -1.32. The predicted molar refractivity (Wildman–Crippen MR) is 542 cm³/mol. The Morgan fingerprint density at radius 2 is 0.812 bits per heavy atom. The maximum Gasteiger partial charge on any atom is 0.326 e. The molecule has 29 N–H and O–H groups in total. The van der Waals surface area contributed by atoms with Gasteiger partial charge >= 0.3 is 5.97 Å². The van der Waals surface area contributed by atoms with Gasteiger partial charge in [0.05, 0.1) is 39.6 Å². The first kappa shape index (κ1) is 129. The van der Waals surface area contributed by atoms with Crippen LogP contribution in [0.1, 0.15) is 258 Å². The van der Waals surface area contributed by atoms with Gasteiger partial charge in [0, 0.05) is 13.0 Å². The molecule has 0 aliphatic carbocycles. The van der Waals surface area contributed by atoms with Crippen molar-refractivity contribution in [1.29, 1.82) is 0 Å². The van der Waals surface area contributed by atoms with E-state index in [9.17, 15) is 91.7 Å². The number of carboxylic acid groups (broad SMARTS) is 1. The SMILES string of the molecule is CC(C)C[C@@H]1NC(=O)[C@H](C)NC(=O)[C@@](C)(NC(=O)[C@H](CO)NC(=O)[C@@H](NC(=O)[C@H](CC(C)C)NC(=O)[C@H](Cc2ccccc2)NC(=O)[C@H](CCCCN)NC(=O)[C@H](C)NC(=O)[C@H](CC(C)C)NC(=O)[C@H](CCCCN)NC(=O)[C@H](CCCCN)NC(=O)COCCOCCOCCN)C(C)C)CCC/C=C/CCC[C@@](C)(C(=O)N[C@@H](C)C(=O)N[C@@H](CC(C)C)C(=O)N[C@@H](CCCCN)C(=O)O)NC(=O)[C@H](C)NC1=O. The van der Waals surface area contributed by atoms with E-state index in [0.29, 0.717) is 103 Å². The highest BCUT2D eigenvalue weighted by molar-refractivity contribution is 6.02. The summed E-state index contributed by atoms with van der Waals surface area (Å²) in [5, 5.41) is 66.3. The molecule has 1 aromatic carbocycles. The minimum absolute atomic E-state index is 0.0163. The van der Waals surface area contributed by atoms with E-state index in [1.54, 1.807) is 97.9 Å². The van der Waals surface area contributed by atoms with Gasteiger partial charge in [-0.15, -0.1) is 0 Å². The van der Waals surface area contributed by atoms with Crippen molar-refractivity contribution in [1.82, 2.24) is 90.4 Å². The van der Waals surface area contributed by atoms with Crippen molar-refractivity contribution in [2.24, 2.45) is 58.3 Å². The third-order valence-electron chi connectivity index (χ3n) is 23.9. The molecule has 144 heavy (non-hydrogen) atoms. The molecule has 0 bridgehead atoms. The first-order valence-corrected chi connectivity index (χ1v) is 51.0. The summed E-state index contributed by atoms with van der Waals surface area (Å²) < 4.78 is 16.2. The third-order valence-corrected chi connectivity index (χ3v) is 23.9. The van der Waals surface area contributed by atoms with Crippen LogP contribution in [-0.2, 0) is 107 Å². The smallest absolute Gasteiger partial charge is 0.326 e. The average Bonchev–Trinajstić information content (AvgIpc) is 0.885. The third kappa shape index (κ3) is 50.7. The standard InChI is InChI=1S/C99H174N22O23/c1-59(2)52-73-88(131)106-67(14)84(127)120-98(15,96(140)107-66(13)83(126)114-75(54-61(5)6)90(133)112-72(95(138)139)39-27-33-45-103)40-28-19-17-18-20-29-41-99(16,97(141)108-65(12)82(125)113-73)121-93(136)78(57-122)118-94(137)80(63(9)10)119-92(135)76(55-62(7)8)116-91(134)77(56-68-34-22-21-23-35-68)117-86(129)70(37-25-31-43-101)110-81(124)64(11)105-89(132)74(53-60(3)4)115-87(130)71(38-26-32-44-102)111-85(128)69(36-24-30-42-100)109-79(123)58-144-51-50-143-49-48-142-47-46-104/h17-18,21-23,34-35,59-67,69-78,80,122H,19-20,24-33,36-58,100-104H2,1-16H3,(H,105,132)(H,106,131)(H,107,140)(H,108,141)(H,109,123)(H,110,124)(H,111,128)(H,112,133)(H,113,125)(H,114,126)(H,115,130)(H,116,134)(H,117,129)(H,118,137)(H,119,135)(H,120,127)(H,121,136)(H,138,139)/b18-17+/t64-,65-,66-,67-,69-,70-,71-,72-,73-,74-,75-,76-,77-,78-,80-,98-,99-/m0/s1. The molecular formula is C99H174N22O23. The summed E-state index contributed by atoms with van der Waals surface area (Å²) in [7, 11) is 0. The highest BCUT2D eigenvalue weighted by Crippen LogP contribution is 2.22. The molecule has 0 saturated heterocycles. The molecule has 0 unspecified atom stereocenters. The molecule has 45 nitrogen and oxygen atoms in total. The molecule has 1 aromatic rings. The molecule has 0 radical (unpaired) electrons. The van der Waals surface area contributed by atoms with Crippen molar-refractivity contribution in [2.75, 3.05) is 79.0 Å². The number of benzene rings is 1. The van der Waals surface area contributed by atoms with Crippen LogP contribution in [0, 0.1) is 29.6 Å². The van der Waals surface area contributed by atoms with Crippen LogP contribution in [0.3, 0.4) is 0 Å². The van der Waals surface area contributed by atoms with Crippen molar-refractivity contribution in [3.63, 3.8) is 0 Å². The summed E-state index contributed by atoms with van der Waals surface area (Å²) >= 11 is 0. The van der Waals surface area contributed by atoms with Gasteiger partial charge in [-0.3, -0.25) is 81.5 Å². The summed E-state index contributed by atoms with van der Waals surface area (Å²) in [6.45, 7) is 27.0. The first-order chi connectivity index (χ1) is 68.0. The van der Waals surface area contributed by atoms with Gasteiger partial charge in [-0.1, -0.05) is 112 Å². The van der Waals surface area contributed by atoms with E-state index >= 15 is 4.79 Å². The summed E-state index contributed by atoms with van der Waals surface area (Å²) in [5.74, 6) is -17.0. The molecule has 0 aromatic heterocycles. The summed E-state index contributed by atoms with van der Waals surface area (Å²) in [4.78, 5) is 256. The minimum Gasteiger partial charge on any atom is -0.480 e. The Hall–Kier alpha value is -10.9. The Bertz CT molecular complexity index is 4210. The fraction of sp³-hybridized carbons (Fsp3) is 0.737. The molecule has 1 aliphatic rings. The molecule has 17 amide bonds. The van der Waals surface area contributed by atoms with Gasteiger partial charge in [0.15, 0.2) is 0 Å². The van der Waals surface area contributed by atoms with Crippen molar-refractivity contribution in [3.8, 4) is 0 Å². The topological polar surface area (TPSA) is 710 Å². The van der Waals surface area contributed by atoms with E-state index < -0.39 is 227 Å². The molecule has 17 atom stereocenters. The Morgan fingerprint density at radius 1 is 0.410 bits per heavy atom. The second-order valence-electron chi connectivity index (χ2n) is 39.6. The quantitative estimate of drug-likeness (QED) is 0.0266. The number of aliphatic hydroxyl groups is 1. The highest BCUT2D eigenvalue weighted by Gasteiger charge is 2.44. The van der Waals surface area contributed by atoms with E-state index in [-0.39, 0.29) is 140 Å². The summed E-state index contributed by atoms with van der Waals surface area (Å²) in [6, 6.07) is -11.8. The van der Waals surface area contributed by atoms with E-state index in [1.807, 2.05) is 13.8 Å². The van der Waals surface area contributed by atoms with Crippen molar-refractivity contribution in [2.45, 2.75) is 360 Å². The molecule has 818 valence electrons. The summed E-state index contributed by atoms with van der Waals surface area (Å²) in [6.07, 6.45) is 8.15. The second-order valence-corrected chi connectivity index (χ2v) is 39.6. The average molecular weight is 2040 g/mol. The number of nitrogens with one attached hydrogen (secondary N) is 17. The van der Waals surface area contributed by atoms with Gasteiger partial charge in [0.2, 0.25) is 100 Å². The number of hydrogen-bond acceptors (Lipinski definition) is 27. The monoisotopic (exact) mass is 2040 g/mol. The van der Waals surface area contributed by atoms with Crippen LogP contribution in [0.4, 0.5) is 0 Å². The highest BCUT2D eigenvalue weighted by atomic mass is 16.5. The molecule has 1 heterocycles. The number of hydrogen-bond donors (Lipinski definition) is 24. The lowest BCUT2D eigenvalue weighted by molar-refractivity contribution is -0.142. The van der Waals surface area contributed by atoms with Gasteiger partial charge in [-0.05, 0) is 244 Å². The van der Waals surface area contributed by atoms with E-state index in [2.05, 4.69) is 90.4 Å². The number of amides is 17. The number of aliphatic carboxylic acids is 1. The number of unbranched alkanes of at least 4 members (excludes halogenated alkanes) is 4. The Labute approximate surface area is 849 Å². The molecule has 1 aliphatic heterocycles. The van der Waals surface area contributed by atoms with Gasteiger partial charge in [0.1, 0.15) is 108 Å². The largest absolute Gasteiger partial charge is 0.480 e. The van der Waals surface area contributed by atoms with Crippen LogP contribution in [0.15, 0.2) is 42.5 Å². The molecule has 45 heteroatoms. The fourth-order valence-corrected chi connectivity index (χ4v) is 15.5. The molecular weight excluding hydrogens is 1870 g/mol. The molecule has 0 fully saturated rings. The van der Waals surface area contributed by atoms with Crippen molar-refractivity contribution >= 4 is 106 Å². The number of carboxylic acids is 1. The zero-order valence-corrected chi connectivity index (χ0v) is 87.7. The van der Waals surface area contributed by atoms with Crippen LogP contribution in [0.25, 0.3) is 0 Å². The number of carbonyl (C=O) groups is 18.